The molecule has 0 aliphatic rings. The van der Waals surface area contributed by atoms with E-state index in [1.165, 1.54) is 5.56 Å². The van der Waals surface area contributed by atoms with E-state index in [1.54, 1.807) is 0 Å². The van der Waals surface area contributed by atoms with E-state index in [1.807, 2.05) is 25.1 Å². The van der Waals surface area contributed by atoms with Crippen LogP contribution in [0.1, 0.15) is 12.5 Å². The highest BCUT2D eigenvalue weighted by atomic mass is 14.9. The van der Waals surface area contributed by atoms with Crippen LogP contribution in [-0.2, 0) is 0 Å². The summed E-state index contributed by atoms with van der Waals surface area (Å²) in [4.78, 5) is 0. The van der Waals surface area contributed by atoms with Crippen molar-refractivity contribution < 1.29 is 0 Å². The van der Waals surface area contributed by atoms with Crippen LogP contribution >= 0.6 is 0 Å². The number of benzene rings is 1. The molecule has 13 heavy (non-hydrogen) atoms. The molecule has 3 N–H and O–H groups in total. The van der Waals surface area contributed by atoms with Gasteiger partial charge in [0.05, 0.1) is 11.4 Å². The largest absolute Gasteiger partial charge is 0.397 e. The molecule has 0 fully saturated rings. The molecule has 0 spiro atoms. The predicted molar refractivity (Wildman–Crippen MR) is 58.9 cm³/mol. The maximum absolute atomic E-state index is 5.79. The summed E-state index contributed by atoms with van der Waals surface area (Å²) in [7, 11) is 0. The van der Waals surface area contributed by atoms with Crippen molar-refractivity contribution in [3.8, 4) is 0 Å². The van der Waals surface area contributed by atoms with Gasteiger partial charge in [-0.05, 0) is 31.5 Å². The van der Waals surface area contributed by atoms with Crippen molar-refractivity contribution >= 4 is 11.4 Å². The number of aryl methyl sites for hydroxylation is 1. The first kappa shape index (κ1) is 9.65. The van der Waals surface area contributed by atoms with Crippen LogP contribution in [0.3, 0.4) is 0 Å². The zero-order valence-corrected chi connectivity index (χ0v) is 8.17. The highest BCUT2D eigenvalue weighted by Gasteiger charge is 1.96. The van der Waals surface area contributed by atoms with Gasteiger partial charge in [0.25, 0.3) is 0 Å². The molecule has 0 aromatic heterocycles. The summed E-state index contributed by atoms with van der Waals surface area (Å²) in [5, 5.41) is 3.24. The Balaban J connectivity index is 2.69. The van der Waals surface area contributed by atoms with Gasteiger partial charge < -0.3 is 11.1 Å². The standard InChI is InChI=1S/C11H16N2/c1-3-4-7-13-11-8-9(2)5-6-10(11)12/h3-6,8,13H,7,12H2,1-2H3/b4-3+. The van der Waals surface area contributed by atoms with Crippen molar-refractivity contribution in [1.82, 2.24) is 0 Å². The summed E-state index contributed by atoms with van der Waals surface area (Å²) in [5.74, 6) is 0. The Bertz CT molecular complexity index is 303. The van der Waals surface area contributed by atoms with Crippen molar-refractivity contribution in [3.05, 3.63) is 35.9 Å². The van der Waals surface area contributed by atoms with Gasteiger partial charge in [-0.1, -0.05) is 18.2 Å². The number of hydrogen-bond acceptors (Lipinski definition) is 2. The van der Waals surface area contributed by atoms with Crippen molar-refractivity contribution in [2.24, 2.45) is 0 Å². The van der Waals surface area contributed by atoms with E-state index in [4.69, 9.17) is 5.73 Å². The molecule has 0 unspecified atom stereocenters. The summed E-state index contributed by atoms with van der Waals surface area (Å²) >= 11 is 0. The molecule has 1 aromatic carbocycles. The first-order chi connectivity index (χ1) is 6.24. The molecule has 1 aromatic rings. The summed E-state index contributed by atoms with van der Waals surface area (Å²) in [6, 6.07) is 5.99. The number of hydrogen-bond donors (Lipinski definition) is 2. The quantitative estimate of drug-likeness (QED) is 0.548. The molecular weight excluding hydrogens is 160 g/mol. The summed E-state index contributed by atoms with van der Waals surface area (Å²) < 4.78 is 0. The average molecular weight is 176 g/mol. The van der Waals surface area contributed by atoms with Crippen LogP contribution in [0.4, 0.5) is 11.4 Å². The third-order valence-corrected chi connectivity index (χ3v) is 1.85. The van der Waals surface area contributed by atoms with Crippen LogP contribution in [0, 0.1) is 6.92 Å². The molecular formula is C11H16N2. The second-order valence-electron chi connectivity index (χ2n) is 3.04. The first-order valence-electron chi connectivity index (χ1n) is 4.45. The van der Waals surface area contributed by atoms with Crippen LogP contribution in [0.25, 0.3) is 0 Å². The molecule has 0 atom stereocenters. The molecule has 0 aliphatic carbocycles. The zero-order valence-electron chi connectivity index (χ0n) is 8.17. The van der Waals surface area contributed by atoms with Crippen LogP contribution in [-0.4, -0.2) is 6.54 Å². The Labute approximate surface area is 79.5 Å². The molecule has 0 saturated carbocycles. The van der Waals surface area contributed by atoms with Crippen LogP contribution in [0.2, 0.25) is 0 Å². The minimum atomic E-state index is 0.801. The Morgan fingerprint density at radius 1 is 1.46 bits per heavy atom. The number of nitrogen functional groups attached to an aromatic ring is 1. The van der Waals surface area contributed by atoms with E-state index in [0.29, 0.717) is 0 Å². The fourth-order valence-electron chi connectivity index (χ4n) is 1.11. The number of allylic oxidation sites excluding steroid dienone is 1. The smallest absolute Gasteiger partial charge is 0.0579 e. The number of rotatable bonds is 3. The Hall–Kier alpha value is -1.44. The van der Waals surface area contributed by atoms with E-state index < -0.39 is 0 Å². The third kappa shape index (κ3) is 2.82. The summed E-state index contributed by atoms with van der Waals surface area (Å²) in [6.45, 7) is 4.88. The molecule has 2 nitrogen and oxygen atoms in total. The normalized spacial score (nSPS) is 10.6. The molecule has 2 heteroatoms. The van der Waals surface area contributed by atoms with E-state index in [-0.39, 0.29) is 0 Å². The monoisotopic (exact) mass is 176 g/mol. The second kappa shape index (κ2) is 4.55. The predicted octanol–water partition coefficient (Wildman–Crippen LogP) is 2.57. The maximum atomic E-state index is 5.79. The van der Waals surface area contributed by atoms with Gasteiger partial charge >= 0.3 is 0 Å². The van der Waals surface area contributed by atoms with Crippen LogP contribution < -0.4 is 11.1 Å². The molecule has 70 valence electrons. The lowest BCUT2D eigenvalue weighted by Crippen LogP contribution is -2.01. The average Bonchev–Trinajstić information content (AvgIpc) is 2.11. The topological polar surface area (TPSA) is 38.0 Å². The van der Waals surface area contributed by atoms with Gasteiger partial charge in [0.1, 0.15) is 0 Å². The van der Waals surface area contributed by atoms with E-state index in [2.05, 4.69) is 24.4 Å². The van der Waals surface area contributed by atoms with Crippen LogP contribution in [0.15, 0.2) is 30.4 Å². The van der Waals surface area contributed by atoms with E-state index >= 15 is 0 Å². The highest BCUT2D eigenvalue weighted by molar-refractivity contribution is 5.67. The van der Waals surface area contributed by atoms with Gasteiger partial charge in [-0.25, -0.2) is 0 Å². The van der Waals surface area contributed by atoms with Gasteiger partial charge in [-0.3, -0.25) is 0 Å². The molecule has 0 aliphatic heterocycles. The second-order valence-corrected chi connectivity index (χ2v) is 3.04. The van der Waals surface area contributed by atoms with Gasteiger partial charge in [0, 0.05) is 6.54 Å². The van der Waals surface area contributed by atoms with Gasteiger partial charge in [0.2, 0.25) is 0 Å². The molecule has 0 radical (unpaired) electrons. The minimum absolute atomic E-state index is 0.801. The third-order valence-electron chi connectivity index (χ3n) is 1.85. The maximum Gasteiger partial charge on any atom is 0.0579 e. The Morgan fingerprint density at radius 2 is 2.23 bits per heavy atom. The van der Waals surface area contributed by atoms with Crippen molar-refractivity contribution in [2.75, 3.05) is 17.6 Å². The Morgan fingerprint density at radius 3 is 2.92 bits per heavy atom. The lowest BCUT2D eigenvalue weighted by Gasteiger charge is -2.07. The fraction of sp³-hybridized carbons (Fsp3) is 0.273. The van der Waals surface area contributed by atoms with Crippen molar-refractivity contribution in [1.29, 1.82) is 0 Å². The Kier molecular flexibility index (Phi) is 3.38. The molecule has 0 bridgehead atoms. The molecule has 0 heterocycles. The number of nitrogens with two attached hydrogens (primary N) is 1. The molecule has 1 rings (SSSR count). The molecule has 0 saturated heterocycles. The highest BCUT2D eigenvalue weighted by Crippen LogP contribution is 2.18. The first-order valence-corrected chi connectivity index (χ1v) is 4.45. The van der Waals surface area contributed by atoms with Crippen LogP contribution in [0.5, 0.6) is 0 Å². The SMILES string of the molecule is C/C=C/CNc1cc(C)ccc1N. The summed E-state index contributed by atoms with van der Waals surface area (Å²) in [6.07, 6.45) is 4.07. The fourth-order valence-corrected chi connectivity index (χ4v) is 1.11. The minimum Gasteiger partial charge on any atom is -0.397 e. The van der Waals surface area contributed by atoms with E-state index in [0.717, 1.165) is 17.9 Å². The molecule has 0 amide bonds. The van der Waals surface area contributed by atoms with E-state index in [9.17, 15) is 0 Å². The zero-order chi connectivity index (χ0) is 9.68. The van der Waals surface area contributed by atoms with Crippen molar-refractivity contribution in [2.45, 2.75) is 13.8 Å². The lowest BCUT2D eigenvalue weighted by molar-refractivity contribution is 1.31. The van der Waals surface area contributed by atoms with Gasteiger partial charge in [-0.15, -0.1) is 0 Å². The van der Waals surface area contributed by atoms with Gasteiger partial charge in [0.15, 0.2) is 0 Å². The van der Waals surface area contributed by atoms with Gasteiger partial charge in [-0.2, -0.15) is 0 Å². The number of nitrogens with one attached hydrogen (secondary N) is 1. The lowest BCUT2D eigenvalue weighted by atomic mass is 10.2. The summed E-state index contributed by atoms with van der Waals surface area (Å²) in [5.41, 5.74) is 8.82. The van der Waals surface area contributed by atoms with Crippen molar-refractivity contribution in [3.63, 3.8) is 0 Å². The number of anilines is 2.